The molecule has 0 bridgehead atoms. The van der Waals surface area contributed by atoms with E-state index in [1.54, 1.807) is 29.8 Å². The van der Waals surface area contributed by atoms with E-state index in [4.69, 9.17) is 4.74 Å². The van der Waals surface area contributed by atoms with Crippen molar-refractivity contribution >= 4 is 22.7 Å². The lowest BCUT2D eigenvalue weighted by Gasteiger charge is -2.20. The summed E-state index contributed by atoms with van der Waals surface area (Å²) < 4.78 is 5.24. The molecule has 2 aromatic heterocycles. The molecule has 0 saturated carbocycles. The fourth-order valence-corrected chi connectivity index (χ4v) is 3.23. The van der Waals surface area contributed by atoms with Crippen LogP contribution in [-0.2, 0) is 17.9 Å². The molecule has 0 radical (unpaired) electrons. The molecular formula is C13H19N3OS2. The van der Waals surface area contributed by atoms with Crippen LogP contribution in [0.15, 0.2) is 11.7 Å². The summed E-state index contributed by atoms with van der Waals surface area (Å²) in [5.74, 6) is 0. The molecule has 2 aromatic rings. The number of hydrogen-bond donors (Lipinski definition) is 1. The van der Waals surface area contributed by atoms with Gasteiger partial charge >= 0.3 is 0 Å². The van der Waals surface area contributed by atoms with Gasteiger partial charge in [-0.05, 0) is 20.8 Å². The zero-order valence-electron chi connectivity index (χ0n) is 11.7. The zero-order valence-corrected chi connectivity index (χ0v) is 13.3. The molecule has 19 heavy (non-hydrogen) atoms. The van der Waals surface area contributed by atoms with Gasteiger partial charge in [-0.2, -0.15) is 0 Å². The third-order valence-electron chi connectivity index (χ3n) is 2.48. The number of ether oxygens (including phenoxy) is 1. The van der Waals surface area contributed by atoms with Crippen LogP contribution in [0.3, 0.4) is 0 Å². The van der Waals surface area contributed by atoms with Crippen molar-refractivity contribution < 1.29 is 4.74 Å². The first kappa shape index (κ1) is 14.6. The minimum Gasteiger partial charge on any atom is -0.378 e. The standard InChI is InChI=1S/C13H19N3OS2/c1-13(2,3)15-6-10-9(7-17-4)16-12(19-10)11-5-14-8-18-11/h5,8,15H,6-7H2,1-4H3. The van der Waals surface area contributed by atoms with E-state index in [9.17, 15) is 0 Å². The molecule has 0 aliphatic rings. The van der Waals surface area contributed by atoms with Crippen molar-refractivity contribution in [1.82, 2.24) is 15.3 Å². The van der Waals surface area contributed by atoms with E-state index in [0.29, 0.717) is 6.61 Å². The molecule has 0 spiro atoms. The number of aromatic nitrogens is 2. The molecule has 0 amide bonds. The first-order valence-corrected chi connectivity index (χ1v) is 7.80. The van der Waals surface area contributed by atoms with E-state index in [2.05, 4.69) is 36.1 Å². The van der Waals surface area contributed by atoms with Gasteiger partial charge in [-0.15, -0.1) is 22.7 Å². The van der Waals surface area contributed by atoms with Crippen molar-refractivity contribution in [3.8, 4) is 9.88 Å². The Morgan fingerprint density at radius 2 is 2.16 bits per heavy atom. The minimum atomic E-state index is 0.0962. The van der Waals surface area contributed by atoms with Crippen molar-refractivity contribution in [1.29, 1.82) is 0 Å². The average Bonchev–Trinajstić information content (AvgIpc) is 2.94. The fraction of sp³-hybridized carbons (Fsp3) is 0.538. The molecule has 0 aliphatic heterocycles. The van der Waals surface area contributed by atoms with Gasteiger partial charge in [0.15, 0.2) is 0 Å². The maximum atomic E-state index is 5.24. The van der Waals surface area contributed by atoms with Crippen LogP contribution in [0.2, 0.25) is 0 Å². The number of thiazole rings is 2. The summed E-state index contributed by atoms with van der Waals surface area (Å²) in [7, 11) is 1.70. The lowest BCUT2D eigenvalue weighted by molar-refractivity contribution is 0.181. The molecule has 0 saturated heterocycles. The van der Waals surface area contributed by atoms with Crippen LogP contribution in [0.25, 0.3) is 9.88 Å². The van der Waals surface area contributed by atoms with Gasteiger partial charge in [0.05, 0.1) is 22.7 Å². The van der Waals surface area contributed by atoms with E-state index >= 15 is 0 Å². The maximum Gasteiger partial charge on any atom is 0.135 e. The van der Waals surface area contributed by atoms with Crippen LogP contribution in [0, 0.1) is 0 Å². The molecule has 0 aliphatic carbocycles. The summed E-state index contributed by atoms with van der Waals surface area (Å²) in [6.45, 7) is 7.85. The first-order chi connectivity index (χ1) is 8.99. The molecule has 0 atom stereocenters. The van der Waals surface area contributed by atoms with Crippen LogP contribution in [0.1, 0.15) is 31.3 Å². The molecule has 104 valence electrons. The van der Waals surface area contributed by atoms with Gasteiger partial charge in [0, 0.05) is 30.3 Å². The highest BCUT2D eigenvalue weighted by Crippen LogP contribution is 2.31. The van der Waals surface area contributed by atoms with Crippen molar-refractivity contribution in [2.45, 2.75) is 39.5 Å². The second-order valence-electron chi connectivity index (χ2n) is 5.29. The van der Waals surface area contributed by atoms with E-state index in [1.807, 2.05) is 11.7 Å². The zero-order chi connectivity index (χ0) is 13.9. The monoisotopic (exact) mass is 297 g/mol. The lowest BCUT2D eigenvalue weighted by Crippen LogP contribution is -2.35. The van der Waals surface area contributed by atoms with Gasteiger partial charge < -0.3 is 10.1 Å². The molecule has 2 heterocycles. The summed E-state index contributed by atoms with van der Waals surface area (Å²) in [4.78, 5) is 11.1. The van der Waals surface area contributed by atoms with Crippen LogP contribution >= 0.6 is 22.7 Å². The number of rotatable bonds is 5. The van der Waals surface area contributed by atoms with Crippen molar-refractivity contribution in [3.63, 3.8) is 0 Å². The topological polar surface area (TPSA) is 47.0 Å². The van der Waals surface area contributed by atoms with Gasteiger partial charge in [0.25, 0.3) is 0 Å². The Kier molecular flexibility index (Phi) is 4.67. The highest BCUT2D eigenvalue weighted by Gasteiger charge is 2.16. The van der Waals surface area contributed by atoms with Gasteiger partial charge in [-0.3, -0.25) is 4.98 Å². The third-order valence-corrected chi connectivity index (χ3v) is 4.52. The van der Waals surface area contributed by atoms with Crippen LogP contribution in [0.4, 0.5) is 0 Å². The Morgan fingerprint density at radius 3 is 2.74 bits per heavy atom. The Hall–Kier alpha value is -0.820. The van der Waals surface area contributed by atoms with E-state index in [-0.39, 0.29) is 5.54 Å². The van der Waals surface area contributed by atoms with Crippen molar-refractivity contribution in [2.75, 3.05) is 7.11 Å². The molecule has 0 aromatic carbocycles. The SMILES string of the molecule is COCc1nc(-c2cncs2)sc1CNC(C)(C)C. The van der Waals surface area contributed by atoms with Crippen LogP contribution < -0.4 is 5.32 Å². The van der Waals surface area contributed by atoms with Crippen LogP contribution in [0.5, 0.6) is 0 Å². The fourth-order valence-electron chi connectivity index (χ4n) is 1.54. The molecule has 6 heteroatoms. The third kappa shape index (κ3) is 4.07. The number of nitrogens with zero attached hydrogens (tertiary/aromatic N) is 2. The van der Waals surface area contributed by atoms with Gasteiger partial charge in [0.1, 0.15) is 5.01 Å². The van der Waals surface area contributed by atoms with Gasteiger partial charge in [0.2, 0.25) is 0 Å². The summed E-state index contributed by atoms with van der Waals surface area (Å²) in [5, 5.41) is 4.53. The van der Waals surface area contributed by atoms with Crippen molar-refractivity contribution in [3.05, 3.63) is 22.3 Å². The summed E-state index contributed by atoms with van der Waals surface area (Å²) in [6, 6.07) is 0. The molecule has 0 unspecified atom stereocenters. The lowest BCUT2D eigenvalue weighted by atomic mass is 10.1. The summed E-state index contributed by atoms with van der Waals surface area (Å²) in [6.07, 6.45) is 1.86. The number of nitrogens with one attached hydrogen (secondary N) is 1. The Labute approximate surface area is 121 Å². The number of hydrogen-bond acceptors (Lipinski definition) is 6. The second kappa shape index (κ2) is 6.09. The average molecular weight is 297 g/mol. The summed E-state index contributed by atoms with van der Waals surface area (Å²) >= 11 is 3.33. The van der Waals surface area contributed by atoms with Gasteiger partial charge in [-0.25, -0.2) is 4.98 Å². The van der Waals surface area contributed by atoms with E-state index in [0.717, 1.165) is 22.1 Å². The molecular weight excluding hydrogens is 278 g/mol. The Balaban J connectivity index is 2.21. The normalized spacial score (nSPS) is 12.0. The maximum absolute atomic E-state index is 5.24. The summed E-state index contributed by atoms with van der Waals surface area (Å²) in [5.41, 5.74) is 2.95. The Bertz CT molecular complexity index is 514. The molecule has 1 N–H and O–H groups in total. The predicted octanol–water partition coefficient (Wildman–Crippen LogP) is 3.30. The minimum absolute atomic E-state index is 0.0962. The van der Waals surface area contributed by atoms with E-state index in [1.165, 1.54) is 4.88 Å². The smallest absolute Gasteiger partial charge is 0.135 e. The van der Waals surface area contributed by atoms with Gasteiger partial charge in [-0.1, -0.05) is 0 Å². The quantitative estimate of drug-likeness (QED) is 0.920. The van der Waals surface area contributed by atoms with E-state index < -0.39 is 0 Å². The molecule has 4 nitrogen and oxygen atoms in total. The molecule has 0 fully saturated rings. The largest absolute Gasteiger partial charge is 0.378 e. The van der Waals surface area contributed by atoms with Crippen LogP contribution in [-0.4, -0.2) is 22.6 Å². The predicted molar refractivity (Wildman–Crippen MR) is 80.5 cm³/mol. The number of methoxy groups -OCH3 is 1. The Morgan fingerprint density at radius 1 is 1.37 bits per heavy atom. The highest BCUT2D eigenvalue weighted by molar-refractivity contribution is 7.20. The highest BCUT2D eigenvalue weighted by atomic mass is 32.1. The molecule has 2 rings (SSSR count). The van der Waals surface area contributed by atoms with Crippen molar-refractivity contribution in [2.24, 2.45) is 0 Å². The second-order valence-corrected chi connectivity index (χ2v) is 7.26. The first-order valence-electron chi connectivity index (χ1n) is 6.11.